The van der Waals surface area contributed by atoms with E-state index < -0.39 is 0 Å². The molecular formula is C16H16Cl3N. The van der Waals surface area contributed by atoms with E-state index in [1.807, 2.05) is 43.4 Å². The van der Waals surface area contributed by atoms with Crippen LogP contribution in [0.25, 0.3) is 0 Å². The van der Waals surface area contributed by atoms with Gasteiger partial charge in [0, 0.05) is 18.0 Å². The first-order valence-electron chi connectivity index (χ1n) is 6.36. The monoisotopic (exact) mass is 327 g/mol. The maximum atomic E-state index is 6.34. The lowest BCUT2D eigenvalue weighted by Crippen LogP contribution is -2.23. The standard InChI is InChI=1S/C16H16Cl3N/c1-11(12-5-3-7-14(18)9-12)20(2)16-13(10-17)6-4-8-15(16)19/h3-9,11H,10H2,1-2H3. The Morgan fingerprint density at radius 3 is 2.45 bits per heavy atom. The van der Waals surface area contributed by atoms with E-state index >= 15 is 0 Å². The SMILES string of the molecule is CC(c1cccc(Cl)c1)N(C)c1c(Cl)cccc1CCl. The lowest BCUT2D eigenvalue weighted by atomic mass is 10.1. The van der Waals surface area contributed by atoms with E-state index in [9.17, 15) is 0 Å². The Morgan fingerprint density at radius 2 is 1.80 bits per heavy atom. The highest BCUT2D eigenvalue weighted by atomic mass is 35.5. The van der Waals surface area contributed by atoms with Crippen molar-refractivity contribution in [2.75, 3.05) is 11.9 Å². The molecule has 0 amide bonds. The molecule has 106 valence electrons. The highest BCUT2D eigenvalue weighted by molar-refractivity contribution is 6.33. The van der Waals surface area contributed by atoms with Crippen LogP contribution in [0.1, 0.15) is 24.1 Å². The Labute approximate surface area is 135 Å². The van der Waals surface area contributed by atoms with Gasteiger partial charge in [-0.2, -0.15) is 0 Å². The molecular weight excluding hydrogens is 313 g/mol. The molecule has 0 N–H and O–H groups in total. The Bertz CT molecular complexity index is 598. The van der Waals surface area contributed by atoms with E-state index in [-0.39, 0.29) is 6.04 Å². The van der Waals surface area contributed by atoms with Gasteiger partial charge in [-0.25, -0.2) is 0 Å². The zero-order valence-corrected chi connectivity index (χ0v) is 13.7. The van der Waals surface area contributed by atoms with Crippen molar-refractivity contribution < 1.29 is 0 Å². The Morgan fingerprint density at radius 1 is 1.10 bits per heavy atom. The van der Waals surface area contributed by atoms with Crippen LogP contribution in [-0.2, 0) is 5.88 Å². The minimum atomic E-state index is 0.149. The zero-order chi connectivity index (χ0) is 14.7. The van der Waals surface area contributed by atoms with Gasteiger partial charge >= 0.3 is 0 Å². The molecule has 0 aliphatic rings. The molecule has 0 spiro atoms. The summed E-state index contributed by atoms with van der Waals surface area (Å²) in [7, 11) is 2.02. The summed E-state index contributed by atoms with van der Waals surface area (Å²) >= 11 is 18.4. The minimum Gasteiger partial charge on any atom is -0.366 e. The Balaban J connectivity index is 2.38. The summed E-state index contributed by atoms with van der Waals surface area (Å²) in [4.78, 5) is 2.13. The van der Waals surface area contributed by atoms with Gasteiger partial charge in [0.05, 0.1) is 16.8 Å². The molecule has 0 radical (unpaired) electrons. The number of anilines is 1. The van der Waals surface area contributed by atoms with E-state index in [4.69, 9.17) is 34.8 Å². The highest BCUT2D eigenvalue weighted by Gasteiger charge is 2.17. The third-order valence-electron chi connectivity index (χ3n) is 3.48. The molecule has 0 aliphatic carbocycles. The van der Waals surface area contributed by atoms with Gasteiger partial charge in [0.2, 0.25) is 0 Å². The number of halogens is 3. The predicted molar refractivity (Wildman–Crippen MR) is 89.3 cm³/mol. The van der Waals surface area contributed by atoms with Crippen molar-refractivity contribution in [3.63, 3.8) is 0 Å². The van der Waals surface area contributed by atoms with Gasteiger partial charge in [-0.05, 0) is 36.2 Å². The summed E-state index contributed by atoms with van der Waals surface area (Å²) in [6.45, 7) is 2.12. The minimum absolute atomic E-state index is 0.149. The van der Waals surface area contributed by atoms with Crippen LogP contribution in [-0.4, -0.2) is 7.05 Å². The molecule has 2 aromatic carbocycles. The smallest absolute Gasteiger partial charge is 0.0642 e. The molecule has 0 bridgehead atoms. The lowest BCUT2D eigenvalue weighted by molar-refractivity contribution is 0.737. The number of para-hydroxylation sites is 1. The van der Waals surface area contributed by atoms with Gasteiger partial charge in [0.15, 0.2) is 0 Å². The second kappa shape index (κ2) is 6.71. The molecule has 20 heavy (non-hydrogen) atoms. The lowest BCUT2D eigenvalue weighted by Gasteiger charge is -2.30. The van der Waals surface area contributed by atoms with Crippen molar-refractivity contribution in [1.29, 1.82) is 0 Å². The summed E-state index contributed by atoms with van der Waals surface area (Å²) in [5, 5.41) is 1.44. The topological polar surface area (TPSA) is 3.24 Å². The highest BCUT2D eigenvalue weighted by Crippen LogP contribution is 2.35. The van der Waals surface area contributed by atoms with Crippen LogP contribution in [0.4, 0.5) is 5.69 Å². The van der Waals surface area contributed by atoms with Gasteiger partial charge in [0.25, 0.3) is 0 Å². The van der Waals surface area contributed by atoms with E-state index in [2.05, 4.69) is 17.9 Å². The molecule has 1 atom stereocenters. The molecule has 0 aromatic heterocycles. The van der Waals surface area contributed by atoms with Gasteiger partial charge in [-0.15, -0.1) is 11.6 Å². The van der Waals surface area contributed by atoms with Gasteiger partial charge in [-0.3, -0.25) is 0 Å². The maximum Gasteiger partial charge on any atom is 0.0642 e. The van der Waals surface area contributed by atoms with E-state index in [0.717, 1.165) is 21.8 Å². The van der Waals surface area contributed by atoms with Crippen molar-refractivity contribution in [1.82, 2.24) is 0 Å². The van der Waals surface area contributed by atoms with E-state index in [1.165, 1.54) is 0 Å². The molecule has 2 aromatic rings. The summed E-state index contributed by atoms with van der Waals surface area (Å²) in [6.07, 6.45) is 0. The quantitative estimate of drug-likeness (QED) is 0.629. The molecule has 0 aliphatic heterocycles. The fourth-order valence-corrected chi connectivity index (χ4v) is 2.99. The summed E-state index contributed by atoms with van der Waals surface area (Å²) < 4.78 is 0. The van der Waals surface area contributed by atoms with Crippen molar-refractivity contribution in [2.24, 2.45) is 0 Å². The first-order valence-corrected chi connectivity index (χ1v) is 7.65. The molecule has 0 saturated carbocycles. The molecule has 4 heteroatoms. The number of benzene rings is 2. The fourth-order valence-electron chi connectivity index (χ4n) is 2.25. The van der Waals surface area contributed by atoms with Crippen LogP contribution in [0.2, 0.25) is 10.0 Å². The molecule has 2 rings (SSSR count). The number of hydrogen-bond acceptors (Lipinski definition) is 1. The number of rotatable bonds is 4. The zero-order valence-electron chi connectivity index (χ0n) is 11.4. The van der Waals surface area contributed by atoms with Gasteiger partial charge < -0.3 is 4.90 Å². The van der Waals surface area contributed by atoms with Crippen molar-refractivity contribution >= 4 is 40.5 Å². The fraction of sp³-hybridized carbons (Fsp3) is 0.250. The van der Waals surface area contributed by atoms with Gasteiger partial charge in [0.1, 0.15) is 0 Å². The second-order valence-corrected chi connectivity index (χ2v) is 5.83. The number of hydrogen-bond donors (Lipinski definition) is 0. The van der Waals surface area contributed by atoms with Crippen molar-refractivity contribution in [3.8, 4) is 0 Å². The third-order valence-corrected chi connectivity index (χ3v) is 4.31. The van der Waals surface area contributed by atoms with Crippen LogP contribution in [0.5, 0.6) is 0 Å². The average Bonchev–Trinajstić information content (AvgIpc) is 2.45. The van der Waals surface area contributed by atoms with Crippen molar-refractivity contribution in [3.05, 3.63) is 63.6 Å². The van der Waals surface area contributed by atoms with E-state index in [1.54, 1.807) is 0 Å². The maximum absolute atomic E-state index is 6.34. The molecule has 0 saturated heterocycles. The Hall–Kier alpha value is -0.890. The molecule has 0 fully saturated rings. The first-order chi connectivity index (χ1) is 9.54. The van der Waals surface area contributed by atoms with Crippen LogP contribution >= 0.6 is 34.8 Å². The van der Waals surface area contributed by atoms with Crippen LogP contribution < -0.4 is 4.90 Å². The second-order valence-electron chi connectivity index (χ2n) is 4.72. The molecule has 1 nitrogen and oxygen atoms in total. The predicted octanol–water partition coefficient (Wildman–Crippen LogP) is 5.93. The summed E-state index contributed by atoms with van der Waals surface area (Å²) in [6, 6.07) is 13.8. The normalized spacial score (nSPS) is 12.2. The summed E-state index contributed by atoms with van der Waals surface area (Å²) in [5.74, 6) is 0.433. The number of alkyl halides is 1. The summed E-state index contributed by atoms with van der Waals surface area (Å²) in [5.41, 5.74) is 3.13. The van der Waals surface area contributed by atoms with Gasteiger partial charge in [-0.1, -0.05) is 47.5 Å². The van der Waals surface area contributed by atoms with Crippen molar-refractivity contribution in [2.45, 2.75) is 18.8 Å². The van der Waals surface area contributed by atoms with Crippen LogP contribution in [0, 0.1) is 0 Å². The van der Waals surface area contributed by atoms with Crippen LogP contribution in [0.3, 0.4) is 0 Å². The van der Waals surface area contributed by atoms with E-state index in [0.29, 0.717) is 10.9 Å². The third kappa shape index (κ3) is 3.22. The molecule has 1 unspecified atom stereocenters. The first kappa shape index (κ1) is 15.5. The number of nitrogens with zero attached hydrogens (tertiary/aromatic N) is 1. The Kier molecular flexibility index (Phi) is 5.20. The largest absolute Gasteiger partial charge is 0.366 e. The molecule has 0 heterocycles. The average molecular weight is 329 g/mol. The van der Waals surface area contributed by atoms with Crippen LogP contribution in [0.15, 0.2) is 42.5 Å².